The number of carbonyl (C=O) groups excluding carboxylic acids is 2. The molecule has 0 atom stereocenters. The first-order valence-electron chi connectivity index (χ1n) is 6.59. The van der Waals surface area contributed by atoms with Gasteiger partial charge in [0.05, 0.1) is 5.54 Å². The molecular formula is C15H23N3O2. The molecule has 1 rings (SSSR count). The number of hydrogen-bond donors (Lipinski definition) is 2. The molecule has 0 fully saturated rings. The van der Waals surface area contributed by atoms with E-state index in [2.05, 4.69) is 5.32 Å². The molecule has 5 heteroatoms. The van der Waals surface area contributed by atoms with E-state index in [0.29, 0.717) is 18.5 Å². The number of nitrogens with zero attached hydrogens (tertiary/aromatic N) is 1. The Labute approximate surface area is 120 Å². The summed E-state index contributed by atoms with van der Waals surface area (Å²) in [5.41, 5.74) is 6.48. The van der Waals surface area contributed by atoms with Gasteiger partial charge in [-0.25, -0.2) is 0 Å². The summed E-state index contributed by atoms with van der Waals surface area (Å²) < 4.78 is 0. The minimum atomic E-state index is -0.872. The lowest BCUT2D eigenvalue weighted by atomic mass is 10.1. The fourth-order valence-corrected chi connectivity index (χ4v) is 1.67. The first-order chi connectivity index (χ1) is 9.21. The van der Waals surface area contributed by atoms with Crippen molar-refractivity contribution in [2.45, 2.75) is 25.8 Å². The molecule has 2 amide bonds. The molecule has 0 aliphatic rings. The third-order valence-electron chi connectivity index (χ3n) is 2.86. The lowest BCUT2D eigenvalue weighted by Crippen LogP contribution is -2.49. The van der Waals surface area contributed by atoms with Gasteiger partial charge in [-0.1, -0.05) is 12.1 Å². The zero-order chi connectivity index (χ0) is 15.3. The van der Waals surface area contributed by atoms with Crippen LogP contribution in [0.5, 0.6) is 0 Å². The third-order valence-corrected chi connectivity index (χ3v) is 2.86. The predicted molar refractivity (Wildman–Crippen MR) is 79.4 cm³/mol. The van der Waals surface area contributed by atoms with Crippen molar-refractivity contribution >= 4 is 11.8 Å². The molecular weight excluding hydrogens is 254 g/mol. The summed E-state index contributed by atoms with van der Waals surface area (Å²) in [6.45, 7) is 3.83. The normalized spacial score (nSPS) is 11.1. The second kappa shape index (κ2) is 6.52. The van der Waals surface area contributed by atoms with Crippen LogP contribution in [0.3, 0.4) is 0 Å². The van der Waals surface area contributed by atoms with Crippen molar-refractivity contribution in [3.05, 3.63) is 35.4 Å². The van der Waals surface area contributed by atoms with E-state index in [1.165, 1.54) is 4.90 Å². The Bertz CT molecular complexity index is 490. The summed E-state index contributed by atoms with van der Waals surface area (Å²) in [5.74, 6) is -0.211. The van der Waals surface area contributed by atoms with Gasteiger partial charge in [-0.05, 0) is 38.0 Å². The zero-order valence-electron chi connectivity index (χ0n) is 12.6. The third kappa shape index (κ3) is 4.66. The topological polar surface area (TPSA) is 75.4 Å². The van der Waals surface area contributed by atoms with E-state index in [0.717, 1.165) is 5.56 Å². The molecule has 0 saturated carbocycles. The fourth-order valence-electron chi connectivity index (χ4n) is 1.67. The van der Waals surface area contributed by atoms with Gasteiger partial charge in [0.2, 0.25) is 5.91 Å². The highest BCUT2D eigenvalue weighted by atomic mass is 16.2. The van der Waals surface area contributed by atoms with E-state index < -0.39 is 5.54 Å². The second-order valence-electron chi connectivity index (χ2n) is 5.63. The van der Waals surface area contributed by atoms with Crippen molar-refractivity contribution in [2.24, 2.45) is 5.73 Å². The highest BCUT2D eigenvalue weighted by Gasteiger charge is 2.20. The average Bonchev–Trinajstić information content (AvgIpc) is 2.36. The van der Waals surface area contributed by atoms with Crippen molar-refractivity contribution < 1.29 is 9.59 Å². The van der Waals surface area contributed by atoms with Crippen molar-refractivity contribution in [3.63, 3.8) is 0 Å². The van der Waals surface area contributed by atoms with Crippen molar-refractivity contribution in [3.8, 4) is 0 Å². The molecule has 0 aliphatic heterocycles. The Morgan fingerprint density at radius 2 is 1.95 bits per heavy atom. The first kappa shape index (κ1) is 16.2. The molecule has 0 spiro atoms. The molecule has 0 aliphatic carbocycles. The Hall–Kier alpha value is -1.88. The number of benzene rings is 1. The van der Waals surface area contributed by atoms with Crippen molar-refractivity contribution in [2.75, 3.05) is 20.6 Å². The molecule has 0 heterocycles. The van der Waals surface area contributed by atoms with Crippen molar-refractivity contribution in [1.29, 1.82) is 0 Å². The zero-order valence-corrected chi connectivity index (χ0v) is 12.6. The van der Waals surface area contributed by atoms with Crippen LogP contribution in [-0.4, -0.2) is 42.9 Å². The molecule has 1 aromatic carbocycles. The van der Waals surface area contributed by atoms with Gasteiger partial charge in [0, 0.05) is 26.2 Å². The number of nitrogens with one attached hydrogen (secondary N) is 1. The number of rotatable bonds is 5. The smallest absolute Gasteiger partial charge is 0.253 e. The summed E-state index contributed by atoms with van der Waals surface area (Å²) in [6, 6.07) is 7.42. The quantitative estimate of drug-likeness (QED) is 0.835. The average molecular weight is 277 g/mol. The van der Waals surface area contributed by atoms with Gasteiger partial charge >= 0.3 is 0 Å². The lowest BCUT2D eigenvalue weighted by molar-refractivity contribution is -0.125. The minimum Gasteiger partial charge on any atom is -0.354 e. The van der Waals surface area contributed by atoms with E-state index in [-0.39, 0.29) is 11.8 Å². The summed E-state index contributed by atoms with van der Waals surface area (Å²) in [7, 11) is 3.44. The first-order valence-corrected chi connectivity index (χ1v) is 6.59. The van der Waals surface area contributed by atoms with Crippen LogP contribution in [0.15, 0.2) is 24.3 Å². The predicted octanol–water partition coefficient (Wildman–Crippen LogP) is 0.784. The summed E-state index contributed by atoms with van der Waals surface area (Å²) in [4.78, 5) is 25.0. The lowest BCUT2D eigenvalue weighted by Gasteiger charge is -2.17. The molecule has 1 aromatic rings. The fraction of sp³-hybridized carbons (Fsp3) is 0.467. The van der Waals surface area contributed by atoms with Crippen LogP contribution < -0.4 is 11.1 Å². The molecule has 5 nitrogen and oxygen atoms in total. The van der Waals surface area contributed by atoms with Crippen LogP contribution in [0.25, 0.3) is 0 Å². The molecule has 0 radical (unpaired) electrons. The maximum absolute atomic E-state index is 11.8. The highest BCUT2D eigenvalue weighted by Crippen LogP contribution is 2.08. The van der Waals surface area contributed by atoms with Gasteiger partial charge in [0.1, 0.15) is 0 Å². The van der Waals surface area contributed by atoms with E-state index >= 15 is 0 Å². The standard InChI is InChI=1S/C15H23N3O2/c1-15(2,16)14(20)17-9-8-11-6-5-7-12(10-11)13(19)18(3)4/h5-7,10H,8-9,16H2,1-4H3,(H,17,20). The van der Waals surface area contributed by atoms with E-state index in [4.69, 9.17) is 5.73 Å². The Morgan fingerprint density at radius 3 is 2.50 bits per heavy atom. The Kier molecular flexibility index (Phi) is 5.27. The van der Waals surface area contributed by atoms with Gasteiger partial charge < -0.3 is 16.0 Å². The number of nitrogens with two attached hydrogens (primary N) is 1. The van der Waals surface area contributed by atoms with E-state index in [9.17, 15) is 9.59 Å². The summed E-state index contributed by atoms with van der Waals surface area (Å²) >= 11 is 0. The van der Waals surface area contributed by atoms with E-state index in [1.54, 1.807) is 34.0 Å². The largest absolute Gasteiger partial charge is 0.354 e. The highest BCUT2D eigenvalue weighted by molar-refractivity contribution is 5.94. The molecule has 3 N–H and O–H groups in total. The molecule has 0 saturated heterocycles. The van der Waals surface area contributed by atoms with Gasteiger partial charge in [0.25, 0.3) is 5.91 Å². The second-order valence-corrected chi connectivity index (χ2v) is 5.63. The van der Waals surface area contributed by atoms with Gasteiger partial charge in [0.15, 0.2) is 0 Å². The molecule has 110 valence electrons. The molecule has 20 heavy (non-hydrogen) atoms. The number of carbonyl (C=O) groups is 2. The van der Waals surface area contributed by atoms with Crippen LogP contribution in [0.2, 0.25) is 0 Å². The molecule has 0 aromatic heterocycles. The van der Waals surface area contributed by atoms with Crippen LogP contribution >= 0.6 is 0 Å². The van der Waals surface area contributed by atoms with Crippen LogP contribution in [0.1, 0.15) is 29.8 Å². The van der Waals surface area contributed by atoms with Crippen molar-refractivity contribution in [1.82, 2.24) is 10.2 Å². The van der Waals surface area contributed by atoms with Gasteiger partial charge in [-0.3, -0.25) is 9.59 Å². The SMILES string of the molecule is CN(C)C(=O)c1cccc(CCNC(=O)C(C)(C)N)c1. The number of hydrogen-bond acceptors (Lipinski definition) is 3. The maximum atomic E-state index is 11.8. The Balaban J connectivity index is 2.60. The van der Waals surface area contributed by atoms with E-state index in [1.807, 2.05) is 18.2 Å². The van der Waals surface area contributed by atoms with Gasteiger partial charge in [-0.15, -0.1) is 0 Å². The molecule has 0 bridgehead atoms. The maximum Gasteiger partial charge on any atom is 0.253 e. The summed E-state index contributed by atoms with van der Waals surface area (Å²) in [6.07, 6.45) is 0.663. The van der Waals surface area contributed by atoms with Crippen LogP contribution in [-0.2, 0) is 11.2 Å². The minimum absolute atomic E-state index is 0.0287. The van der Waals surface area contributed by atoms with Crippen LogP contribution in [0, 0.1) is 0 Å². The number of amides is 2. The monoisotopic (exact) mass is 277 g/mol. The van der Waals surface area contributed by atoms with Crippen LogP contribution in [0.4, 0.5) is 0 Å². The molecule has 0 unspecified atom stereocenters. The van der Waals surface area contributed by atoms with Gasteiger partial charge in [-0.2, -0.15) is 0 Å². The summed E-state index contributed by atoms with van der Waals surface area (Å²) in [5, 5.41) is 2.78. The Morgan fingerprint density at radius 1 is 1.30 bits per heavy atom.